The Hall–Kier alpha value is -2.46. The van der Waals surface area contributed by atoms with Crippen molar-refractivity contribution in [2.24, 2.45) is 11.8 Å². The van der Waals surface area contributed by atoms with Crippen molar-refractivity contribution in [1.29, 1.82) is 0 Å². The molecule has 0 amide bonds. The van der Waals surface area contributed by atoms with Gasteiger partial charge in [-0.25, -0.2) is 0 Å². The van der Waals surface area contributed by atoms with E-state index in [0.717, 1.165) is 11.1 Å². The first-order chi connectivity index (χ1) is 12.6. The van der Waals surface area contributed by atoms with Gasteiger partial charge >= 0.3 is 5.97 Å². The van der Waals surface area contributed by atoms with Gasteiger partial charge < -0.3 is 5.11 Å². The third-order valence-electron chi connectivity index (χ3n) is 6.14. The summed E-state index contributed by atoms with van der Waals surface area (Å²) < 4.78 is 0. The summed E-state index contributed by atoms with van der Waals surface area (Å²) in [4.78, 5) is 26.8. The van der Waals surface area contributed by atoms with E-state index in [2.05, 4.69) is 0 Å². The molecule has 4 unspecified atom stereocenters. The van der Waals surface area contributed by atoms with Gasteiger partial charge in [0.15, 0.2) is 0 Å². The summed E-state index contributed by atoms with van der Waals surface area (Å²) in [5.74, 6) is -1.19. The van der Waals surface area contributed by atoms with Gasteiger partial charge in [0.25, 0.3) is 0 Å². The van der Waals surface area contributed by atoms with Crippen LogP contribution in [0.25, 0.3) is 0 Å². The quantitative estimate of drug-likeness (QED) is 0.864. The molecule has 4 heteroatoms. The van der Waals surface area contributed by atoms with Crippen LogP contribution in [0.4, 0.5) is 0 Å². The number of rotatable bonds is 6. The Balaban J connectivity index is 1.75. The zero-order valence-electron chi connectivity index (χ0n) is 14.8. The van der Waals surface area contributed by atoms with Gasteiger partial charge in [0, 0.05) is 24.9 Å². The van der Waals surface area contributed by atoms with Gasteiger partial charge in [0.2, 0.25) is 0 Å². The van der Waals surface area contributed by atoms with Gasteiger partial charge in [-0.1, -0.05) is 60.7 Å². The number of hydrogen-bond donors (Lipinski definition) is 1. The van der Waals surface area contributed by atoms with Crippen LogP contribution in [0.1, 0.15) is 36.9 Å². The normalized spacial score (nSPS) is 28.0. The van der Waals surface area contributed by atoms with Gasteiger partial charge in [-0.3, -0.25) is 14.5 Å². The second-order valence-corrected chi connectivity index (χ2v) is 7.42. The maximum atomic E-state index is 12.4. The van der Waals surface area contributed by atoms with Crippen LogP contribution in [0, 0.1) is 11.8 Å². The predicted octanol–water partition coefficient (Wildman–Crippen LogP) is 3.68. The number of aliphatic carboxylic acids is 1. The van der Waals surface area contributed by atoms with Crippen LogP contribution in [0.15, 0.2) is 60.7 Å². The zero-order valence-corrected chi connectivity index (χ0v) is 14.8. The highest BCUT2D eigenvalue weighted by atomic mass is 16.4. The molecule has 0 bridgehead atoms. The van der Waals surface area contributed by atoms with Crippen molar-refractivity contribution in [3.63, 3.8) is 0 Å². The molecule has 4 nitrogen and oxygen atoms in total. The van der Waals surface area contributed by atoms with Crippen molar-refractivity contribution in [2.75, 3.05) is 0 Å². The lowest BCUT2D eigenvalue weighted by molar-refractivity contribution is -0.150. The topological polar surface area (TPSA) is 57.6 Å². The molecule has 134 valence electrons. The molecule has 2 aliphatic carbocycles. The smallest absolute Gasteiger partial charge is 0.325 e. The number of hydrogen-bond acceptors (Lipinski definition) is 3. The molecular weight excluding hydrogens is 326 g/mol. The molecule has 2 aliphatic rings. The predicted molar refractivity (Wildman–Crippen MR) is 98.4 cm³/mol. The Kier molecular flexibility index (Phi) is 4.16. The number of carbonyl (C=O) groups is 2. The molecule has 2 saturated carbocycles. The van der Waals surface area contributed by atoms with E-state index in [-0.39, 0.29) is 23.7 Å². The Morgan fingerprint density at radius 3 is 2.31 bits per heavy atom. The molecule has 1 N–H and O–H groups in total. The van der Waals surface area contributed by atoms with Crippen molar-refractivity contribution in [1.82, 2.24) is 4.90 Å². The monoisotopic (exact) mass is 349 g/mol. The molecule has 4 atom stereocenters. The minimum Gasteiger partial charge on any atom is -0.480 e. The summed E-state index contributed by atoms with van der Waals surface area (Å²) in [5, 5.41) is 10.2. The van der Waals surface area contributed by atoms with Crippen LogP contribution in [-0.4, -0.2) is 27.3 Å². The van der Waals surface area contributed by atoms with Crippen molar-refractivity contribution in [3.8, 4) is 0 Å². The third-order valence-corrected chi connectivity index (χ3v) is 6.14. The van der Waals surface area contributed by atoms with Crippen LogP contribution in [0.2, 0.25) is 0 Å². The fourth-order valence-electron chi connectivity index (χ4n) is 4.84. The molecule has 0 spiro atoms. The first kappa shape index (κ1) is 17.0. The number of fused-ring (bicyclic) bond motifs is 1. The van der Waals surface area contributed by atoms with E-state index in [1.165, 1.54) is 0 Å². The highest BCUT2D eigenvalue weighted by molar-refractivity contribution is 6.00. The summed E-state index contributed by atoms with van der Waals surface area (Å²) in [5.41, 5.74) is 1.07. The van der Waals surface area contributed by atoms with E-state index in [1.54, 1.807) is 0 Å². The SMILES string of the molecule is CC(c1ccccc1)N(Cc1ccccc1)C1(C(=O)O)C2CCC(=O)C21. The van der Waals surface area contributed by atoms with Crippen LogP contribution in [0.5, 0.6) is 0 Å². The van der Waals surface area contributed by atoms with Crippen LogP contribution < -0.4 is 0 Å². The lowest BCUT2D eigenvalue weighted by Gasteiger charge is -2.37. The fourth-order valence-corrected chi connectivity index (χ4v) is 4.84. The molecule has 0 radical (unpaired) electrons. The van der Waals surface area contributed by atoms with E-state index in [4.69, 9.17) is 0 Å². The zero-order chi connectivity index (χ0) is 18.3. The average Bonchev–Trinajstić information content (AvgIpc) is 3.20. The van der Waals surface area contributed by atoms with Gasteiger partial charge in [-0.05, 0) is 24.5 Å². The molecule has 0 saturated heterocycles. The van der Waals surface area contributed by atoms with Crippen LogP contribution >= 0.6 is 0 Å². The van der Waals surface area contributed by atoms with Crippen molar-refractivity contribution in [2.45, 2.75) is 37.9 Å². The minimum atomic E-state index is -1.07. The van der Waals surface area contributed by atoms with Crippen molar-refractivity contribution in [3.05, 3.63) is 71.8 Å². The average molecular weight is 349 g/mol. The molecule has 2 aromatic carbocycles. The second kappa shape index (κ2) is 6.36. The summed E-state index contributed by atoms with van der Waals surface area (Å²) in [6, 6.07) is 19.8. The molecule has 2 fully saturated rings. The molecule has 0 heterocycles. The first-order valence-electron chi connectivity index (χ1n) is 9.18. The van der Waals surface area contributed by atoms with E-state index in [0.29, 0.717) is 19.4 Å². The lowest BCUT2D eigenvalue weighted by Crippen LogP contribution is -2.49. The molecule has 26 heavy (non-hydrogen) atoms. The van der Waals surface area contributed by atoms with Gasteiger partial charge in [-0.15, -0.1) is 0 Å². The first-order valence-corrected chi connectivity index (χ1v) is 9.18. The van der Waals surface area contributed by atoms with Crippen molar-refractivity contribution >= 4 is 11.8 Å². The van der Waals surface area contributed by atoms with Crippen LogP contribution in [0.3, 0.4) is 0 Å². The number of carboxylic acids is 1. The largest absolute Gasteiger partial charge is 0.480 e. The summed E-state index contributed by atoms with van der Waals surface area (Å²) in [7, 11) is 0. The molecule has 4 rings (SSSR count). The molecular formula is C22H23NO3. The number of carbonyl (C=O) groups excluding carboxylic acids is 1. The van der Waals surface area contributed by atoms with E-state index in [9.17, 15) is 14.7 Å². The summed E-state index contributed by atoms with van der Waals surface area (Å²) in [6.45, 7) is 2.56. The maximum absolute atomic E-state index is 12.4. The van der Waals surface area contributed by atoms with Gasteiger partial charge in [-0.2, -0.15) is 0 Å². The van der Waals surface area contributed by atoms with E-state index >= 15 is 0 Å². The Bertz CT molecular complexity index is 820. The highest BCUT2D eigenvalue weighted by Gasteiger charge is 2.77. The lowest BCUT2D eigenvalue weighted by atomic mass is 9.96. The summed E-state index contributed by atoms with van der Waals surface area (Å²) >= 11 is 0. The van der Waals surface area contributed by atoms with Gasteiger partial charge in [0.05, 0.1) is 5.92 Å². The fraction of sp³-hybridized carbons (Fsp3) is 0.364. The number of ketones is 1. The third kappa shape index (κ3) is 2.48. The second-order valence-electron chi connectivity index (χ2n) is 7.42. The molecule has 0 aromatic heterocycles. The molecule has 2 aromatic rings. The highest BCUT2D eigenvalue weighted by Crippen LogP contribution is 2.64. The number of Topliss-reactive ketones (excluding diaryl/α,β-unsaturated/α-hetero) is 1. The number of carboxylic acid groups (broad SMARTS) is 1. The summed E-state index contributed by atoms with van der Waals surface area (Å²) in [6.07, 6.45) is 1.20. The maximum Gasteiger partial charge on any atom is 0.325 e. The van der Waals surface area contributed by atoms with E-state index in [1.807, 2.05) is 72.5 Å². The molecule has 0 aliphatic heterocycles. The van der Waals surface area contributed by atoms with E-state index < -0.39 is 11.5 Å². The Labute approximate surface area is 153 Å². The number of benzene rings is 2. The Morgan fingerprint density at radius 2 is 1.77 bits per heavy atom. The minimum absolute atomic E-state index is 0.0672. The van der Waals surface area contributed by atoms with Crippen LogP contribution in [-0.2, 0) is 16.1 Å². The Morgan fingerprint density at radius 1 is 1.15 bits per heavy atom. The van der Waals surface area contributed by atoms with Gasteiger partial charge in [0.1, 0.15) is 11.3 Å². The standard InChI is InChI=1S/C22H23NO3/c1-15(17-10-6-3-7-11-17)23(14-16-8-4-2-5-9-16)22(21(25)26)18-12-13-19(24)20(18)22/h2-11,15,18,20H,12-14H2,1H3,(H,25,26). The number of nitrogens with zero attached hydrogens (tertiary/aromatic N) is 1. The van der Waals surface area contributed by atoms with Crippen molar-refractivity contribution < 1.29 is 14.7 Å².